The topological polar surface area (TPSA) is 42.0 Å². The summed E-state index contributed by atoms with van der Waals surface area (Å²) in [5, 5.41) is 0. The molecule has 1 aliphatic carbocycles. The first-order valence-electron chi connectivity index (χ1n) is 11.6. The minimum atomic E-state index is -0.0827. The Hall–Kier alpha value is -1.27. The van der Waals surface area contributed by atoms with E-state index in [0.717, 1.165) is 51.2 Å². The number of hydrogen-bond donors (Lipinski definition) is 0. The van der Waals surface area contributed by atoms with Gasteiger partial charge in [-0.2, -0.15) is 0 Å². The van der Waals surface area contributed by atoms with Crippen LogP contribution in [-0.2, 0) is 11.2 Å². The molecular weight excluding hydrogens is 444 g/mol. The van der Waals surface area contributed by atoms with Crippen molar-refractivity contribution in [1.82, 2.24) is 9.80 Å². The molecule has 166 valence electrons. The molecule has 4 rings (SSSR count). The molecule has 6 heteroatoms. The molecule has 3 aliphatic rings. The van der Waals surface area contributed by atoms with E-state index in [1.54, 1.807) is 7.11 Å². The number of hydrogen-bond acceptors (Lipinski definition) is 4. The molecule has 0 aromatic heterocycles. The van der Waals surface area contributed by atoms with E-state index in [1.165, 1.54) is 42.1 Å². The predicted molar refractivity (Wildman–Crippen MR) is 122 cm³/mol. The van der Waals surface area contributed by atoms with E-state index in [-0.39, 0.29) is 6.09 Å². The molecule has 2 saturated heterocycles. The smallest absolute Gasteiger partial charge is 0.410 e. The van der Waals surface area contributed by atoms with Gasteiger partial charge in [-0.3, -0.25) is 0 Å². The molecule has 0 spiro atoms. The second-order valence-electron chi connectivity index (χ2n) is 9.29. The second-order valence-corrected chi connectivity index (χ2v) is 10.1. The van der Waals surface area contributed by atoms with E-state index in [1.807, 2.05) is 11.0 Å². The standard InChI is InChI=1S/C24H35BrN2O3/c1-29-22-7-8-23(25)20(14-22)13-18-9-11-26(12-10-18)15-19-16-27(24(28)30-17-19)21-5-3-2-4-6-21/h7-8,14,18-19,21H,2-6,9-13,15-17H2,1H3. The highest BCUT2D eigenvalue weighted by Gasteiger charge is 2.34. The van der Waals surface area contributed by atoms with Crippen molar-refractivity contribution >= 4 is 22.0 Å². The third-order valence-electron chi connectivity index (χ3n) is 7.13. The Bertz CT molecular complexity index is 714. The lowest BCUT2D eigenvalue weighted by molar-refractivity contribution is 0.00642. The van der Waals surface area contributed by atoms with Gasteiger partial charge in [-0.25, -0.2) is 4.79 Å². The number of nitrogens with zero attached hydrogens (tertiary/aromatic N) is 2. The van der Waals surface area contributed by atoms with Gasteiger partial charge < -0.3 is 19.3 Å². The minimum Gasteiger partial charge on any atom is -0.497 e. The zero-order valence-corrected chi connectivity index (χ0v) is 19.7. The molecule has 1 saturated carbocycles. The normalized spacial score (nSPS) is 24.7. The third-order valence-corrected chi connectivity index (χ3v) is 7.91. The summed E-state index contributed by atoms with van der Waals surface area (Å²) in [5.41, 5.74) is 1.34. The summed E-state index contributed by atoms with van der Waals surface area (Å²) < 4.78 is 12.1. The largest absolute Gasteiger partial charge is 0.497 e. The molecule has 30 heavy (non-hydrogen) atoms. The summed E-state index contributed by atoms with van der Waals surface area (Å²) in [6.45, 7) is 4.78. The molecule has 1 unspecified atom stereocenters. The lowest BCUT2D eigenvalue weighted by atomic mass is 9.89. The van der Waals surface area contributed by atoms with Crippen LogP contribution in [0.2, 0.25) is 0 Å². The van der Waals surface area contributed by atoms with Crippen LogP contribution < -0.4 is 4.74 Å². The number of piperidine rings is 1. The van der Waals surface area contributed by atoms with Gasteiger partial charge in [-0.05, 0) is 74.9 Å². The molecule has 2 heterocycles. The Kier molecular flexibility index (Phi) is 7.58. The van der Waals surface area contributed by atoms with Crippen molar-refractivity contribution in [2.45, 2.75) is 57.4 Å². The molecule has 1 aromatic carbocycles. The predicted octanol–water partition coefficient (Wildman–Crippen LogP) is 5.11. The summed E-state index contributed by atoms with van der Waals surface area (Å²) in [6.07, 6.45) is 9.56. The fourth-order valence-corrected chi connectivity index (χ4v) is 5.77. The number of rotatable bonds is 6. The van der Waals surface area contributed by atoms with Crippen LogP contribution in [0.15, 0.2) is 22.7 Å². The Balaban J connectivity index is 1.25. The first-order chi connectivity index (χ1) is 14.6. The molecular formula is C24H35BrN2O3. The van der Waals surface area contributed by atoms with Gasteiger partial charge in [0, 0.05) is 29.5 Å². The van der Waals surface area contributed by atoms with Crippen molar-refractivity contribution in [2.24, 2.45) is 11.8 Å². The van der Waals surface area contributed by atoms with E-state index < -0.39 is 0 Å². The summed E-state index contributed by atoms with van der Waals surface area (Å²) in [4.78, 5) is 16.9. The number of carbonyl (C=O) groups excluding carboxylic acids is 1. The Morgan fingerprint density at radius 1 is 1.10 bits per heavy atom. The highest BCUT2D eigenvalue weighted by molar-refractivity contribution is 9.10. The number of carbonyl (C=O) groups is 1. The van der Waals surface area contributed by atoms with Crippen molar-refractivity contribution in [2.75, 3.05) is 39.9 Å². The Morgan fingerprint density at radius 2 is 1.87 bits per heavy atom. The second kappa shape index (κ2) is 10.4. The van der Waals surface area contributed by atoms with Crippen molar-refractivity contribution < 1.29 is 14.3 Å². The van der Waals surface area contributed by atoms with Crippen LogP contribution in [-0.4, -0.2) is 61.8 Å². The lowest BCUT2D eigenvalue weighted by Gasteiger charge is -2.41. The van der Waals surface area contributed by atoms with Gasteiger partial charge in [0.25, 0.3) is 0 Å². The van der Waals surface area contributed by atoms with Gasteiger partial charge in [0.2, 0.25) is 0 Å². The van der Waals surface area contributed by atoms with Crippen LogP contribution in [0.4, 0.5) is 4.79 Å². The third kappa shape index (κ3) is 5.50. The molecule has 1 atom stereocenters. The van der Waals surface area contributed by atoms with E-state index in [9.17, 15) is 4.79 Å². The van der Waals surface area contributed by atoms with Crippen molar-refractivity contribution in [1.29, 1.82) is 0 Å². The van der Waals surface area contributed by atoms with Crippen LogP contribution in [0, 0.1) is 11.8 Å². The van der Waals surface area contributed by atoms with Gasteiger partial charge in [0.1, 0.15) is 5.75 Å². The fourth-order valence-electron chi connectivity index (χ4n) is 5.36. The van der Waals surface area contributed by atoms with Crippen LogP contribution in [0.25, 0.3) is 0 Å². The van der Waals surface area contributed by atoms with E-state index in [4.69, 9.17) is 9.47 Å². The van der Waals surface area contributed by atoms with Crippen molar-refractivity contribution in [3.8, 4) is 5.75 Å². The van der Waals surface area contributed by atoms with Gasteiger partial charge in [-0.1, -0.05) is 35.2 Å². The van der Waals surface area contributed by atoms with Crippen LogP contribution >= 0.6 is 15.9 Å². The van der Waals surface area contributed by atoms with Crippen molar-refractivity contribution in [3.05, 3.63) is 28.2 Å². The first kappa shape index (κ1) is 21.9. The molecule has 1 amide bonds. The zero-order valence-electron chi connectivity index (χ0n) is 18.2. The minimum absolute atomic E-state index is 0.0827. The average molecular weight is 479 g/mol. The van der Waals surface area contributed by atoms with Crippen LogP contribution in [0.3, 0.4) is 0 Å². The molecule has 2 aliphatic heterocycles. The maximum atomic E-state index is 12.3. The lowest BCUT2D eigenvalue weighted by Crippen LogP contribution is -2.52. The molecule has 3 fully saturated rings. The Morgan fingerprint density at radius 3 is 2.60 bits per heavy atom. The molecule has 5 nitrogen and oxygen atoms in total. The van der Waals surface area contributed by atoms with Gasteiger partial charge in [-0.15, -0.1) is 0 Å². The van der Waals surface area contributed by atoms with Gasteiger partial charge >= 0.3 is 6.09 Å². The van der Waals surface area contributed by atoms with Gasteiger partial charge in [0.05, 0.1) is 13.7 Å². The number of likely N-dealkylation sites (tertiary alicyclic amines) is 1. The fraction of sp³-hybridized carbons (Fsp3) is 0.708. The Labute approximate surface area is 189 Å². The maximum Gasteiger partial charge on any atom is 0.410 e. The SMILES string of the molecule is COc1ccc(Br)c(CC2CCN(CC3COC(=O)N(C4CCCCC4)C3)CC2)c1. The summed E-state index contributed by atoms with van der Waals surface area (Å²) in [5.74, 6) is 2.08. The quantitative estimate of drug-likeness (QED) is 0.569. The summed E-state index contributed by atoms with van der Waals surface area (Å²) in [7, 11) is 1.73. The highest BCUT2D eigenvalue weighted by Crippen LogP contribution is 2.30. The number of cyclic esters (lactones) is 1. The summed E-state index contributed by atoms with van der Waals surface area (Å²) >= 11 is 3.70. The van der Waals surface area contributed by atoms with Crippen LogP contribution in [0.1, 0.15) is 50.5 Å². The van der Waals surface area contributed by atoms with E-state index in [2.05, 4.69) is 33.0 Å². The number of methoxy groups -OCH3 is 1. The number of ether oxygens (including phenoxy) is 2. The first-order valence-corrected chi connectivity index (χ1v) is 12.4. The maximum absolute atomic E-state index is 12.3. The number of amides is 1. The summed E-state index contributed by atoms with van der Waals surface area (Å²) in [6, 6.07) is 6.66. The van der Waals surface area contributed by atoms with Crippen LogP contribution in [0.5, 0.6) is 5.75 Å². The molecule has 0 N–H and O–H groups in total. The molecule has 0 bridgehead atoms. The molecule has 0 radical (unpaired) electrons. The monoisotopic (exact) mass is 478 g/mol. The molecule has 1 aromatic rings. The van der Waals surface area contributed by atoms with Gasteiger partial charge in [0.15, 0.2) is 0 Å². The average Bonchev–Trinajstić information content (AvgIpc) is 2.78. The van der Waals surface area contributed by atoms with E-state index in [0.29, 0.717) is 24.5 Å². The highest BCUT2D eigenvalue weighted by atomic mass is 79.9. The number of benzene rings is 1. The van der Waals surface area contributed by atoms with E-state index >= 15 is 0 Å². The zero-order chi connectivity index (χ0) is 20.9. The van der Waals surface area contributed by atoms with Crippen molar-refractivity contribution in [3.63, 3.8) is 0 Å². The number of halogens is 1.